The Kier molecular flexibility index (Phi) is 7.11. The topological polar surface area (TPSA) is 62.4 Å². The van der Waals surface area contributed by atoms with Crippen molar-refractivity contribution >= 4 is 17.3 Å². The third-order valence-corrected chi connectivity index (χ3v) is 3.53. The Labute approximate surface area is 143 Å². The molecule has 0 aliphatic carbocycles. The van der Waals surface area contributed by atoms with Crippen molar-refractivity contribution in [1.29, 1.82) is 0 Å². The monoisotopic (exact) mass is 327 g/mol. The van der Waals surface area contributed by atoms with E-state index in [1.165, 1.54) is 0 Å². The van der Waals surface area contributed by atoms with Crippen molar-refractivity contribution in [2.45, 2.75) is 13.3 Å². The van der Waals surface area contributed by atoms with Crippen molar-refractivity contribution in [2.24, 2.45) is 0 Å². The van der Waals surface area contributed by atoms with Gasteiger partial charge in [0.1, 0.15) is 5.75 Å². The van der Waals surface area contributed by atoms with E-state index in [9.17, 15) is 4.79 Å². The van der Waals surface area contributed by atoms with Crippen molar-refractivity contribution in [3.8, 4) is 5.75 Å². The molecular weight excluding hydrogens is 302 g/mol. The summed E-state index contributed by atoms with van der Waals surface area (Å²) in [6.07, 6.45) is 1.08. The highest BCUT2D eigenvalue weighted by molar-refractivity contribution is 6.00. The minimum atomic E-state index is -0.0840. The van der Waals surface area contributed by atoms with Crippen LogP contribution in [0, 0.1) is 0 Å². The summed E-state index contributed by atoms with van der Waals surface area (Å²) in [6, 6.07) is 15.1. The van der Waals surface area contributed by atoms with Gasteiger partial charge in [0.05, 0.1) is 18.4 Å². The van der Waals surface area contributed by atoms with Gasteiger partial charge in [-0.05, 0) is 37.2 Å². The van der Waals surface area contributed by atoms with Crippen LogP contribution in [0.15, 0.2) is 48.5 Å². The normalized spacial score (nSPS) is 10.2. The van der Waals surface area contributed by atoms with Crippen LogP contribution in [0.1, 0.15) is 23.7 Å². The maximum absolute atomic E-state index is 12.4. The Morgan fingerprint density at radius 1 is 1.04 bits per heavy atom. The molecule has 0 saturated heterocycles. The molecule has 3 N–H and O–H groups in total. The van der Waals surface area contributed by atoms with E-state index in [2.05, 4.69) is 22.9 Å². The molecule has 128 valence electrons. The van der Waals surface area contributed by atoms with Gasteiger partial charge in [0.25, 0.3) is 5.91 Å². The fourth-order valence-corrected chi connectivity index (χ4v) is 2.31. The van der Waals surface area contributed by atoms with Gasteiger partial charge < -0.3 is 20.7 Å². The molecule has 5 heteroatoms. The Morgan fingerprint density at radius 2 is 1.88 bits per heavy atom. The number of anilines is 2. The summed E-state index contributed by atoms with van der Waals surface area (Å²) >= 11 is 0. The van der Waals surface area contributed by atoms with E-state index in [0.717, 1.165) is 36.6 Å². The Bertz CT molecular complexity index is 659. The van der Waals surface area contributed by atoms with E-state index < -0.39 is 0 Å². The standard InChI is InChI=1S/C19H25N3O2/c1-3-11-20-12-13-21-19(23)17-9-4-5-10-18(17)22-15-7-6-8-16(14-15)24-2/h4-10,14,20,22H,3,11-13H2,1-2H3,(H,21,23). The maximum atomic E-state index is 12.4. The van der Waals surface area contributed by atoms with Gasteiger partial charge in [-0.25, -0.2) is 0 Å². The third kappa shape index (κ3) is 5.28. The number of benzene rings is 2. The fraction of sp³-hybridized carbons (Fsp3) is 0.316. The lowest BCUT2D eigenvalue weighted by Gasteiger charge is -2.13. The number of methoxy groups -OCH3 is 1. The van der Waals surface area contributed by atoms with Crippen LogP contribution in [-0.2, 0) is 0 Å². The van der Waals surface area contributed by atoms with Crippen LogP contribution >= 0.6 is 0 Å². The predicted octanol–water partition coefficient (Wildman–Crippen LogP) is 3.17. The summed E-state index contributed by atoms with van der Waals surface area (Å²) in [5.74, 6) is 0.684. The van der Waals surface area contributed by atoms with Crippen LogP contribution in [0.3, 0.4) is 0 Å². The van der Waals surface area contributed by atoms with Crippen molar-refractivity contribution in [3.05, 3.63) is 54.1 Å². The van der Waals surface area contributed by atoms with Gasteiger partial charge in [0.15, 0.2) is 0 Å². The summed E-state index contributed by atoms with van der Waals surface area (Å²) < 4.78 is 5.23. The molecular formula is C19H25N3O2. The zero-order valence-electron chi connectivity index (χ0n) is 14.3. The number of nitrogens with one attached hydrogen (secondary N) is 3. The molecule has 2 rings (SSSR count). The second kappa shape index (κ2) is 9.57. The first-order valence-electron chi connectivity index (χ1n) is 8.23. The largest absolute Gasteiger partial charge is 0.497 e. The van der Waals surface area contributed by atoms with Gasteiger partial charge in [-0.15, -0.1) is 0 Å². The van der Waals surface area contributed by atoms with Crippen molar-refractivity contribution < 1.29 is 9.53 Å². The number of carbonyl (C=O) groups is 1. The molecule has 0 spiro atoms. The third-order valence-electron chi connectivity index (χ3n) is 3.53. The minimum Gasteiger partial charge on any atom is -0.497 e. The van der Waals surface area contributed by atoms with Gasteiger partial charge in [-0.2, -0.15) is 0 Å². The highest BCUT2D eigenvalue weighted by Gasteiger charge is 2.10. The minimum absolute atomic E-state index is 0.0840. The average molecular weight is 327 g/mol. The Hall–Kier alpha value is -2.53. The van der Waals surface area contributed by atoms with Crippen LogP contribution in [0.2, 0.25) is 0 Å². The van der Waals surface area contributed by atoms with Crippen LogP contribution in [0.4, 0.5) is 11.4 Å². The molecule has 0 aliphatic rings. The quantitative estimate of drug-likeness (QED) is 0.619. The first-order chi connectivity index (χ1) is 11.7. The zero-order chi connectivity index (χ0) is 17.2. The van der Waals surface area contributed by atoms with Gasteiger partial charge in [0.2, 0.25) is 0 Å². The number of amides is 1. The molecule has 2 aromatic rings. The van der Waals surface area contributed by atoms with Crippen molar-refractivity contribution in [3.63, 3.8) is 0 Å². The molecule has 1 amide bonds. The van der Waals surface area contributed by atoms with Crippen LogP contribution in [-0.4, -0.2) is 32.7 Å². The molecule has 0 saturated carbocycles. The van der Waals surface area contributed by atoms with E-state index in [1.54, 1.807) is 7.11 Å². The summed E-state index contributed by atoms with van der Waals surface area (Å²) in [5, 5.41) is 9.49. The second-order valence-electron chi connectivity index (χ2n) is 5.41. The van der Waals surface area contributed by atoms with Crippen molar-refractivity contribution in [2.75, 3.05) is 32.1 Å². The van der Waals surface area contributed by atoms with E-state index in [-0.39, 0.29) is 5.91 Å². The van der Waals surface area contributed by atoms with Gasteiger partial charge >= 0.3 is 0 Å². The SMILES string of the molecule is CCCNCCNC(=O)c1ccccc1Nc1cccc(OC)c1. The smallest absolute Gasteiger partial charge is 0.253 e. The zero-order valence-corrected chi connectivity index (χ0v) is 14.3. The number of para-hydroxylation sites is 1. The molecule has 0 atom stereocenters. The number of ether oxygens (including phenoxy) is 1. The predicted molar refractivity (Wildman–Crippen MR) is 98.2 cm³/mol. The molecule has 0 aromatic heterocycles. The van der Waals surface area contributed by atoms with Crippen LogP contribution < -0.4 is 20.7 Å². The van der Waals surface area contributed by atoms with Gasteiger partial charge in [0, 0.05) is 24.8 Å². The van der Waals surface area contributed by atoms with Gasteiger partial charge in [-0.3, -0.25) is 4.79 Å². The molecule has 0 radical (unpaired) electrons. The van der Waals surface area contributed by atoms with E-state index in [4.69, 9.17) is 4.74 Å². The second-order valence-corrected chi connectivity index (χ2v) is 5.41. The first kappa shape index (κ1) is 17.8. The van der Waals surface area contributed by atoms with E-state index >= 15 is 0 Å². The summed E-state index contributed by atoms with van der Waals surface area (Å²) in [6.45, 7) is 4.45. The van der Waals surface area contributed by atoms with Crippen molar-refractivity contribution in [1.82, 2.24) is 10.6 Å². The first-order valence-corrected chi connectivity index (χ1v) is 8.23. The van der Waals surface area contributed by atoms with Crippen LogP contribution in [0.25, 0.3) is 0 Å². The molecule has 0 unspecified atom stereocenters. The molecule has 5 nitrogen and oxygen atoms in total. The number of hydrogen-bond acceptors (Lipinski definition) is 4. The number of carbonyl (C=O) groups excluding carboxylic acids is 1. The Morgan fingerprint density at radius 3 is 2.67 bits per heavy atom. The van der Waals surface area contributed by atoms with Crippen LogP contribution in [0.5, 0.6) is 5.75 Å². The highest BCUT2D eigenvalue weighted by Crippen LogP contribution is 2.23. The van der Waals surface area contributed by atoms with E-state index in [0.29, 0.717) is 12.1 Å². The summed E-state index contributed by atoms with van der Waals surface area (Å²) in [4.78, 5) is 12.4. The summed E-state index contributed by atoms with van der Waals surface area (Å²) in [5.41, 5.74) is 2.26. The molecule has 0 fully saturated rings. The summed E-state index contributed by atoms with van der Waals surface area (Å²) in [7, 11) is 1.63. The lowest BCUT2D eigenvalue weighted by molar-refractivity contribution is 0.0955. The molecule has 0 aliphatic heterocycles. The molecule has 2 aromatic carbocycles. The fourth-order valence-electron chi connectivity index (χ4n) is 2.31. The lowest BCUT2D eigenvalue weighted by atomic mass is 10.1. The molecule has 0 heterocycles. The molecule has 0 bridgehead atoms. The lowest BCUT2D eigenvalue weighted by Crippen LogP contribution is -2.32. The van der Waals surface area contributed by atoms with Gasteiger partial charge in [-0.1, -0.05) is 25.1 Å². The molecule has 24 heavy (non-hydrogen) atoms. The van der Waals surface area contributed by atoms with E-state index in [1.807, 2.05) is 48.5 Å². The number of hydrogen-bond donors (Lipinski definition) is 3. The Balaban J connectivity index is 2.02. The maximum Gasteiger partial charge on any atom is 0.253 e. The highest BCUT2D eigenvalue weighted by atomic mass is 16.5. The number of rotatable bonds is 9. The average Bonchev–Trinajstić information content (AvgIpc) is 2.62.